The van der Waals surface area contributed by atoms with Crippen LogP contribution < -0.4 is 0 Å². The zero-order valence-corrected chi connectivity index (χ0v) is 66.6. The molecule has 16 aromatic rings. The number of nitrogens with zero attached hydrogens (tertiary/aromatic N) is 12. The van der Waals surface area contributed by atoms with Crippen molar-refractivity contribution < 1.29 is 80.4 Å². The van der Waals surface area contributed by atoms with Crippen LogP contribution in [0.1, 0.15) is 42.2 Å². The van der Waals surface area contributed by atoms with Crippen LogP contribution in [0.5, 0.6) is 0 Å². The molecule has 12 nitrogen and oxygen atoms in total. The standard InChI is InChI=1S/C27H20N3.2C21H16N3.C18H18N3.4Ir/c1-20-28-27(23-15-9-4-10-16-23)29-30(20)26-18-24(21-11-5-2-6-12-21)17-25(19-26)22-13-7-3-8-14-22;1-16-22-21(18-11-6-3-7-12-18)23-24(16)20-14-8-13-19(15-20)17-9-4-2-5-10-17;1-16-22-21(19-10-6-3-7-11-19)23-24(16)20-14-12-18(13-15-20)17-8-4-2-5-9-17;1-3-7-15-10-12-17(13-11-15)21-14(2)19-18(20-21)16-8-5-4-6-9-16;;;;/h2-15,17-19H,1H3;2-11,13-15H,1H3;2-10,12-15H,1H3;4-6,8,10-13H,3,7H2,1-2H3;;;;/q4*-1;;;;. The molecule has 0 fully saturated rings. The number of hydrogen-bond donors (Lipinski definition) is 0. The van der Waals surface area contributed by atoms with E-state index in [0.29, 0.717) is 23.3 Å². The molecule has 0 N–H and O–H groups in total. The van der Waals surface area contributed by atoms with Gasteiger partial charge in [0.2, 0.25) is 0 Å². The van der Waals surface area contributed by atoms with Gasteiger partial charge in [0.1, 0.15) is 23.3 Å². The molecule has 0 unspecified atom stereocenters. The molecule has 16 heteroatoms. The minimum Gasteiger partial charge on any atom is -0.262 e. The van der Waals surface area contributed by atoms with Crippen LogP contribution in [0.2, 0.25) is 0 Å². The summed E-state index contributed by atoms with van der Waals surface area (Å²) in [6, 6.07) is 117. The van der Waals surface area contributed by atoms with Gasteiger partial charge in [-0.05, 0) is 139 Å². The molecule has 0 bridgehead atoms. The maximum absolute atomic E-state index is 4.79. The van der Waals surface area contributed by atoms with E-state index in [4.69, 9.17) is 5.10 Å². The van der Waals surface area contributed by atoms with Gasteiger partial charge in [-0.1, -0.05) is 171 Å². The molecule has 12 aromatic carbocycles. The predicted molar refractivity (Wildman–Crippen MR) is 397 cm³/mol. The smallest absolute Gasteiger partial charge is 0.118 e. The number of hydrogen-bond acceptors (Lipinski definition) is 8. The van der Waals surface area contributed by atoms with Crippen molar-refractivity contribution in [3.8, 4) is 113 Å². The van der Waals surface area contributed by atoms with Gasteiger partial charge in [-0.3, -0.25) is 19.9 Å². The maximum atomic E-state index is 4.79. The molecule has 0 spiro atoms. The molecule has 4 radical (unpaired) electrons. The van der Waals surface area contributed by atoms with Crippen LogP contribution in [0.25, 0.3) is 113 Å². The first kappa shape index (κ1) is 77.0. The minimum atomic E-state index is 0. The van der Waals surface area contributed by atoms with Crippen molar-refractivity contribution in [1.29, 1.82) is 0 Å². The Morgan fingerprint density at radius 2 is 0.534 bits per heavy atom. The normalized spacial score (nSPS) is 10.3. The third-order valence-electron chi connectivity index (χ3n) is 16.4. The first-order valence-electron chi connectivity index (χ1n) is 33.0. The van der Waals surface area contributed by atoms with Gasteiger partial charge in [0.05, 0.1) is 46.0 Å². The van der Waals surface area contributed by atoms with Crippen LogP contribution in [-0.2, 0) is 86.8 Å². The zero-order valence-electron chi connectivity index (χ0n) is 57.1. The van der Waals surface area contributed by atoms with Crippen molar-refractivity contribution >= 4 is 0 Å². The van der Waals surface area contributed by atoms with Crippen LogP contribution >= 0.6 is 0 Å². The fourth-order valence-electron chi connectivity index (χ4n) is 11.4. The summed E-state index contributed by atoms with van der Waals surface area (Å²) in [5, 5.41) is 18.7. The monoisotopic (exact) mass is 2050 g/mol. The summed E-state index contributed by atoms with van der Waals surface area (Å²) in [6.07, 6.45) is 2.27. The van der Waals surface area contributed by atoms with E-state index >= 15 is 0 Å². The molecule has 0 aliphatic rings. The summed E-state index contributed by atoms with van der Waals surface area (Å²) in [4.78, 5) is 18.4. The van der Waals surface area contributed by atoms with Gasteiger partial charge >= 0.3 is 0 Å². The molecule has 0 aliphatic carbocycles. The van der Waals surface area contributed by atoms with Crippen molar-refractivity contribution in [2.24, 2.45) is 0 Å². The fourth-order valence-corrected chi connectivity index (χ4v) is 11.4. The number of aromatic nitrogens is 12. The Balaban J connectivity index is 0.000000159. The van der Waals surface area contributed by atoms with Crippen LogP contribution in [0, 0.1) is 52.0 Å². The van der Waals surface area contributed by atoms with Crippen molar-refractivity contribution in [2.75, 3.05) is 0 Å². The Morgan fingerprint density at radius 1 is 0.252 bits per heavy atom. The minimum absolute atomic E-state index is 0. The van der Waals surface area contributed by atoms with Crippen molar-refractivity contribution in [3.05, 3.63) is 363 Å². The van der Waals surface area contributed by atoms with E-state index < -0.39 is 0 Å². The summed E-state index contributed by atoms with van der Waals surface area (Å²) >= 11 is 0. The molecular weight excluding hydrogens is 1980 g/mol. The van der Waals surface area contributed by atoms with Gasteiger partial charge in [-0.25, -0.2) is 18.7 Å². The molecule has 16 rings (SSSR count). The van der Waals surface area contributed by atoms with Crippen LogP contribution in [0.3, 0.4) is 0 Å². The first-order chi connectivity index (χ1) is 48.7. The van der Waals surface area contributed by atoms with Crippen LogP contribution in [-0.4, -0.2) is 59.1 Å². The second-order valence-electron chi connectivity index (χ2n) is 23.4. The Bertz CT molecular complexity index is 5160. The van der Waals surface area contributed by atoms with Gasteiger partial charge in [-0.15, -0.1) is 144 Å². The molecular formula is C87H70Ir4N12-4. The Labute approximate surface area is 656 Å². The van der Waals surface area contributed by atoms with Crippen molar-refractivity contribution in [3.63, 3.8) is 0 Å². The predicted octanol–water partition coefficient (Wildman–Crippen LogP) is 19.8. The van der Waals surface area contributed by atoms with Crippen molar-refractivity contribution in [2.45, 2.75) is 47.5 Å². The summed E-state index contributed by atoms with van der Waals surface area (Å²) < 4.78 is 7.54. The summed E-state index contributed by atoms with van der Waals surface area (Å²) in [5.74, 6) is 6.21. The SMILES string of the molecule is CCCc1ccc(-n2nc(-c3[c-]cccc3)nc2C)cc1.Cc1nc(-c2[c-]cccc2)nn1-c1cc(-c2ccccc2)cc(-c2ccccc2)c1.Cc1nc(-c2[c-]cccc2)nn1-c1ccc(-c2ccccc2)cc1.Cc1nc(-c2[c-]cccc2)nn1-c1cccc(-c2ccccc2)c1.[Ir].[Ir].[Ir].[Ir]. The molecule has 0 saturated carbocycles. The molecule has 0 aliphatic heterocycles. The van der Waals surface area contributed by atoms with E-state index in [1.807, 2.05) is 204 Å². The maximum Gasteiger partial charge on any atom is 0.118 e. The summed E-state index contributed by atoms with van der Waals surface area (Å²) in [7, 11) is 0. The number of aryl methyl sites for hydroxylation is 5. The van der Waals surface area contributed by atoms with E-state index in [1.165, 1.54) is 33.4 Å². The Morgan fingerprint density at radius 3 is 0.874 bits per heavy atom. The van der Waals surface area contributed by atoms with Gasteiger partial charge in [0.25, 0.3) is 0 Å². The van der Waals surface area contributed by atoms with Gasteiger partial charge in [0.15, 0.2) is 0 Å². The van der Waals surface area contributed by atoms with Gasteiger partial charge in [-0.2, -0.15) is 20.4 Å². The summed E-state index contributed by atoms with van der Waals surface area (Å²) in [6.45, 7) is 10.1. The largest absolute Gasteiger partial charge is 0.262 e. The zero-order chi connectivity index (χ0) is 67.7. The van der Waals surface area contributed by atoms with Gasteiger partial charge in [0, 0.05) is 80.4 Å². The quantitative estimate of drug-likeness (QED) is 0.0987. The number of benzene rings is 12. The molecule has 0 saturated heterocycles. The fraction of sp³-hybridized carbons (Fsp3) is 0.0805. The Hall–Kier alpha value is -10.2. The van der Waals surface area contributed by atoms with Crippen molar-refractivity contribution in [1.82, 2.24) is 59.1 Å². The third-order valence-corrected chi connectivity index (χ3v) is 16.4. The number of rotatable bonds is 14. The molecule has 4 aromatic heterocycles. The molecule has 103 heavy (non-hydrogen) atoms. The summed E-state index contributed by atoms with van der Waals surface area (Å²) in [5.41, 5.74) is 18.4. The van der Waals surface area contributed by atoms with E-state index in [1.54, 1.807) is 0 Å². The van der Waals surface area contributed by atoms with Gasteiger partial charge < -0.3 is 0 Å². The molecule has 518 valence electrons. The van der Waals surface area contributed by atoms with E-state index in [-0.39, 0.29) is 80.4 Å². The van der Waals surface area contributed by atoms with Crippen LogP contribution in [0.15, 0.2) is 309 Å². The topological polar surface area (TPSA) is 123 Å². The second kappa shape index (κ2) is 37.6. The Kier molecular flexibility index (Phi) is 28.1. The van der Waals surface area contributed by atoms with E-state index in [2.05, 4.69) is 218 Å². The molecule has 4 heterocycles. The average Bonchev–Trinajstić information content (AvgIpc) is 1.72. The second-order valence-corrected chi connectivity index (χ2v) is 23.4. The average molecular weight is 2050 g/mol. The van der Waals surface area contributed by atoms with E-state index in [0.717, 1.165) is 97.8 Å². The first-order valence-corrected chi connectivity index (χ1v) is 33.0. The molecule has 0 atom stereocenters. The van der Waals surface area contributed by atoms with Crippen LogP contribution in [0.4, 0.5) is 0 Å². The third kappa shape index (κ3) is 19.5. The molecule has 0 amide bonds. The van der Waals surface area contributed by atoms with E-state index in [9.17, 15) is 0 Å².